The molecular weight excluding hydrogens is 238 g/mol. The largest absolute Gasteiger partial charge is 0.378 e. The highest BCUT2D eigenvalue weighted by molar-refractivity contribution is 6.29. The first-order valence-corrected chi connectivity index (χ1v) is 6.46. The third kappa shape index (κ3) is 3.54. The van der Waals surface area contributed by atoms with Crippen LogP contribution in [0.25, 0.3) is 0 Å². The van der Waals surface area contributed by atoms with Crippen molar-refractivity contribution in [1.82, 2.24) is 9.97 Å². The number of aromatic nitrogens is 2. The maximum atomic E-state index is 5.96. The molecule has 2 unspecified atom stereocenters. The Kier molecular flexibility index (Phi) is 4.18. The van der Waals surface area contributed by atoms with Crippen LogP contribution in [0.1, 0.15) is 32.5 Å². The number of hydrogen-bond acceptors (Lipinski definition) is 4. The lowest BCUT2D eigenvalue weighted by Gasteiger charge is -2.28. The van der Waals surface area contributed by atoms with Gasteiger partial charge in [-0.25, -0.2) is 9.97 Å². The summed E-state index contributed by atoms with van der Waals surface area (Å²) >= 11 is 5.96. The molecule has 0 aliphatic carbocycles. The van der Waals surface area contributed by atoms with E-state index in [1.54, 1.807) is 6.07 Å². The van der Waals surface area contributed by atoms with Crippen molar-refractivity contribution >= 4 is 17.4 Å². The zero-order chi connectivity index (χ0) is 12.3. The van der Waals surface area contributed by atoms with Crippen molar-refractivity contribution < 1.29 is 4.74 Å². The maximum absolute atomic E-state index is 5.96. The van der Waals surface area contributed by atoms with E-state index >= 15 is 0 Å². The topological polar surface area (TPSA) is 47.0 Å². The Balaban J connectivity index is 2.04. The molecule has 4 nitrogen and oxygen atoms in total. The quantitative estimate of drug-likeness (QED) is 0.844. The SMILES string of the molecule is CCc1nc(Cl)cc(NC2CCOC(C)C2)n1. The van der Waals surface area contributed by atoms with E-state index in [4.69, 9.17) is 16.3 Å². The van der Waals surface area contributed by atoms with Gasteiger partial charge in [-0.05, 0) is 19.8 Å². The third-order valence-corrected chi connectivity index (χ3v) is 3.09. The van der Waals surface area contributed by atoms with E-state index in [9.17, 15) is 0 Å². The Morgan fingerprint density at radius 2 is 2.35 bits per heavy atom. The van der Waals surface area contributed by atoms with Crippen LogP contribution in [0.3, 0.4) is 0 Å². The molecule has 1 fully saturated rings. The van der Waals surface area contributed by atoms with Gasteiger partial charge in [0.05, 0.1) is 6.10 Å². The molecule has 0 bridgehead atoms. The Morgan fingerprint density at radius 1 is 1.53 bits per heavy atom. The van der Waals surface area contributed by atoms with E-state index in [2.05, 4.69) is 22.2 Å². The molecule has 1 aliphatic rings. The summed E-state index contributed by atoms with van der Waals surface area (Å²) in [6, 6.07) is 2.19. The van der Waals surface area contributed by atoms with Gasteiger partial charge in [0.2, 0.25) is 0 Å². The molecule has 0 spiro atoms. The van der Waals surface area contributed by atoms with Crippen molar-refractivity contribution in [2.75, 3.05) is 11.9 Å². The van der Waals surface area contributed by atoms with E-state index in [0.29, 0.717) is 17.3 Å². The predicted molar refractivity (Wildman–Crippen MR) is 68.5 cm³/mol. The van der Waals surface area contributed by atoms with Gasteiger partial charge in [-0.2, -0.15) is 0 Å². The maximum Gasteiger partial charge on any atom is 0.134 e. The zero-order valence-electron chi connectivity index (χ0n) is 10.2. The van der Waals surface area contributed by atoms with E-state index in [1.807, 2.05) is 6.92 Å². The van der Waals surface area contributed by atoms with Crippen molar-refractivity contribution in [2.24, 2.45) is 0 Å². The summed E-state index contributed by atoms with van der Waals surface area (Å²) in [4.78, 5) is 8.57. The second-order valence-electron chi connectivity index (χ2n) is 4.39. The highest BCUT2D eigenvalue weighted by Gasteiger charge is 2.19. The molecule has 1 N–H and O–H groups in total. The minimum Gasteiger partial charge on any atom is -0.378 e. The molecule has 1 aromatic rings. The Bertz CT molecular complexity index is 386. The van der Waals surface area contributed by atoms with Crippen molar-refractivity contribution in [3.05, 3.63) is 17.0 Å². The normalized spacial score (nSPS) is 24.6. The number of nitrogens with one attached hydrogen (secondary N) is 1. The molecular formula is C12H18ClN3O. The molecule has 0 amide bonds. The predicted octanol–water partition coefficient (Wildman–Crippen LogP) is 2.67. The molecule has 2 rings (SSSR count). The first-order valence-electron chi connectivity index (χ1n) is 6.09. The summed E-state index contributed by atoms with van der Waals surface area (Å²) in [7, 11) is 0. The molecule has 1 saturated heterocycles. The second-order valence-corrected chi connectivity index (χ2v) is 4.78. The van der Waals surface area contributed by atoms with Gasteiger partial charge < -0.3 is 10.1 Å². The minimum atomic E-state index is 0.309. The Hall–Kier alpha value is -0.870. The number of nitrogens with zero attached hydrogens (tertiary/aromatic N) is 2. The summed E-state index contributed by atoms with van der Waals surface area (Å²) in [5.41, 5.74) is 0. The van der Waals surface area contributed by atoms with Gasteiger partial charge >= 0.3 is 0 Å². The zero-order valence-corrected chi connectivity index (χ0v) is 11.0. The Labute approximate surface area is 107 Å². The fourth-order valence-corrected chi connectivity index (χ4v) is 2.24. The fourth-order valence-electron chi connectivity index (χ4n) is 2.04. The van der Waals surface area contributed by atoms with Crippen LogP contribution in [-0.4, -0.2) is 28.7 Å². The van der Waals surface area contributed by atoms with Crippen molar-refractivity contribution in [1.29, 1.82) is 0 Å². The lowest BCUT2D eigenvalue weighted by molar-refractivity contribution is 0.0232. The summed E-state index contributed by atoms with van der Waals surface area (Å²) in [6.45, 7) is 4.92. The molecule has 17 heavy (non-hydrogen) atoms. The summed E-state index contributed by atoms with van der Waals surface area (Å²) in [6.07, 6.45) is 3.11. The molecule has 1 aliphatic heterocycles. The van der Waals surface area contributed by atoms with Crippen LogP contribution in [0, 0.1) is 0 Å². The molecule has 1 aromatic heterocycles. The molecule has 2 atom stereocenters. The van der Waals surface area contributed by atoms with Gasteiger partial charge in [0, 0.05) is 25.1 Å². The summed E-state index contributed by atoms with van der Waals surface area (Å²) < 4.78 is 5.52. The molecule has 0 saturated carbocycles. The minimum absolute atomic E-state index is 0.309. The van der Waals surface area contributed by atoms with Crippen LogP contribution < -0.4 is 5.32 Å². The summed E-state index contributed by atoms with van der Waals surface area (Å²) in [5, 5.41) is 3.91. The third-order valence-electron chi connectivity index (χ3n) is 2.89. The number of hydrogen-bond donors (Lipinski definition) is 1. The van der Waals surface area contributed by atoms with Crippen molar-refractivity contribution in [2.45, 2.75) is 45.3 Å². The van der Waals surface area contributed by atoms with Crippen LogP contribution in [0.4, 0.5) is 5.82 Å². The van der Waals surface area contributed by atoms with Gasteiger partial charge in [-0.1, -0.05) is 18.5 Å². The van der Waals surface area contributed by atoms with Crippen molar-refractivity contribution in [3.8, 4) is 0 Å². The lowest BCUT2D eigenvalue weighted by atomic mass is 10.0. The summed E-state index contributed by atoms with van der Waals surface area (Å²) in [5.74, 6) is 1.60. The van der Waals surface area contributed by atoms with Gasteiger partial charge in [0.25, 0.3) is 0 Å². The molecule has 0 aromatic carbocycles. The van der Waals surface area contributed by atoms with Gasteiger partial charge in [-0.15, -0.1) is 0 Å². The fraction of sp³-hybridized carbons (Fsp3) is 0.667. The molecule has 5 heteroatoms. The molecule has 2 heterocycles. The van der Waals surface area contributed by atoms with Gasteiger partial charge in [0.1, 0.15) is 16.8 Å². The van der Waals surface area contributed by atoms with Gasteiger partial charge in [0.15, 0.2) is 0 Å². The van der Waals surface area contributed by atoms with Crippen LogP contribution in [-0.2, 0) is 11.2 Å². The number of anilines is 1. The van der Waals surface area contributed by atoms with E-state index in [1.165, 1.54) is 0 Å². The van der Waals surface area contributed by atoms with E-state index in [-0.39, 0.29) is 0 Å². The number of aryl methyl sites for hydroxylation is 1. The average Bonchev–Trinajstić information content (AvgIpc) is 2.28. The lowest BCUT2D eigenvalue weighted by Crippen LogP contribution is -2.32. The van der Waals surface area contributed by atoms with Crippen LogP contribution in [0.5, 0.6) is 0 Å². The highest BCUT2D eigenvalue weighted by Crippen LogP contribution is 2.19. The highest BCUT2D eigenvalue weighted by atomic mass is 35.5. The van der Waals surface area contributed by atoms with Crippen LogP contribution in [0.2, 0.25) is 5.15 Å². The number of halogens is 1. The first-order chi connectivity index (χ1) is 8.17. The van der Waals surface area contributed by atoms with Gasteiger partial charge in [-0.3, -0.25) is 0 Å². The first kappa shape index (κ1) is 12.6. The van der Waals surface area contributed by atoms with Crippen LogP contribution in [0.15, 0.2) is 6.07 Å². The number of ether oxygens (including phenoxy) is 1. The smallest absolute Gasteiger partial charge is 0.134 e. The Morgan fingerprint density at radius 3 is 3.06 bits per heavy atom. The van der Waals surface area contributed by atoms with E-state index < -0.39 is 0 Å². The number of rotatable bonds is 3. The average molecular weight is 256 g/mol. The molecule has 0 radical (unpaired) electrons. The monoisotopic (exact) mass is 255 g/mol. The molecule has 94 valence electrons. The second kappa shape index (κ2) is 5.65. The van der Waals surface area contributed by atoms with Crippen molar-refractivity contribution in [3.63, 3.8) is 0 Å². The van der Waals surface area contributed by atoms with Crippen LogP contribution >= 0.6 is 11.6 Å². The van der Waals surface area contributed by atoms with E-state index in [0.717, 1.165) is 37.5 Å². The standard InChI is InChI=1S/C12H18ClN3O/c1-3-11-15-10(13)7-12(16-11)14-9-4-5-17-8(2)6-9/h7-9H,3-6H2,1-2H3,(H,14,15,16).